The van der Waals surface area contributed by atoms with E-state index in [4.69, 9.17) is 0 Å². The second kappa shape index (κ2) is 4.75. The third-order valence-corrected chi connectivity index (χ3v) is 3.49. The Labute approximate surface area is 90.0 Å². The van der Waals surface area contributed by atoms with E-state index in [-0.39, 0.29) is 18.5 Å². The summed E-state index contributed by atoms with van der Waals surface area (Å²) in [6.45, 7) is 0.183. The quantitative estimate of drug-likeness (QED) is 0.703. The molecule has 15 heavy (non-hydrogen) atoms. The van der Waals surface area contributed by atoms with E-state index in [1.807, 2.05) is 0 Å². The maximum Gasteiger partial charge on any atom is 0.238 e. The zero-order chi connectivity index (χ0) is 10.7. The lowest BCUT2D eigenvalue weighted by atomic mass is 9.83. The number of amides is 1. The van der Waals surface area contributed by atoms with Crippen LogP contribution in [0.1, 0.15) is 38.5 Å². The molecule has 4 heteroatoms. The highest BCUT2D eigenvalue weighted by Gasteiger charge is 2.34. The number of carbonyl (C=O) groups is 2. The fourth-order valence-corrected chi connectivity index (χ4v) is 2.65. The van der Waals surface area contributed by atoms with Crippen molar-refractivity contribution in [1.82, 2.24) is 10.4 Å². The molecule has 1 saturated carbocycles. The number of hydrogen-bond donors (Lipinski definition) is 1. The Hall–Kier alpha value is -0.900. The number of rotatable bonds is 3. The fraction of sp³-hybridized carbons (Fsp3) is 0.818. The van der Waals surface area contributed by atoms with Gasteiger partial charge >= 0.3 is 0 Å². The first-order chi connectivity index (χ1) is 7.31. The Morgan fingerprint density at radius 2 is 2.07 bits per heavy atom. The molecule has 0 aromatic carbocycles. The van der Waals surface area contributed by atoms with Crippen molar-refractivity contribution in [2.45, 2.75) is 44.6 Å². The van der Waals surface area contributed by atoms with Crippen molar-refractivity contribution in [3.63, 3.8) is 0 Å². The van der Waals surface area contributed by atoms with Gasteiger partial charge in [0, 0.05) is 12.5 Å². The van der Waals surface area contributed by atoms with Crippen LogP contribution in [-0.2, 0) is 9.59 Å². The first kappa shape index (κ1) is 10.6. The molecule has 84 valence electrons. The minimum Gasteiger partial charge on any atom is -0.301 e. The molecule has 2 rings (SSSR count). The van der Waals surface area contributed by atoms with Crippen molar-refractivity contribution < 1.29 is 9.59 Å². The van der Waals surface area contributed by atoms with Gasteiger partial charge in [0.1, 0.15) is 6.29 Å². The van der Waals surface area contributed by atoms with E-state index in [0.717, 1.165) is 6.29 Å². The Balaban J connectivity index is 1.89. The summed E-state index contributed by atoms with van der Waals surface area (Å²) in [7, 11) is 0. The maximum absolute atomic E-state index is 11.5. The third-order valence-electron chi connectivity index (χ3n) is 3.49. The Morgan fingerprint density at radius 3 is 2.73 bits per heavy atom. The summed E-state index contributed by atoms with van der Waals surface area (Å²) >= 11 is 0. The van der Waals surface area contributed by atoms with Crippen molar-refractivity contribution in [3.05, 3.63) is 0 Å². The Kier molecular flexibility index (Phi) is 3.36. The second-order valence-corrected chi connectivity index (χ2v) is 4.51. The van der Waals surface area contributed by atoms with Crippen LogP contribution in [0.5, 0.6) is 0 Å². The van der Waals surface area contributed by atoms with E-state index in [9.17, 15) is 9.59 Å². The monoisotopic (exact) mass is 210 g/mol. The average Bonchev–Trinajstić information content (AvgIpc) is 2.63. The Morgan fingerprint density at radius 1 is 1.33 bits per heavy atom. The third kappa shape index (κ3) is 2.37. The highest BCUT2D eigenvalue weighted by atomic mass is 16.2. The molecule has 1 saturated heterocycles. The zero-order valence-corrected chi connectivity index (χ0v) is 8.95. The van der Waals surface area contributed by atoms with Gasteiger partial charge in [-0.25, -0.2) is 5.43 Å². The van der Waals surface area contributed by atoms with Crippen LogP contribution in [0.25, 0.3) is 0 Å². The topological polar surface area (TPSA) is 49.4 Å². The van der Waals surface area contributed by atoms with E-state index in [0.29, 0.717) is 12.3 Å². The van der Waals surface area contributed by atoms with Crippen molar-refractivity contribution in [3.8, 4) is 0 Å². The number of nitrogens with one attached hydrogen (secondary N) is 1. The fourth-order valence-electron chi connectivity index (χ4n) is 2.65. The van der Waals surface area contributed by atoms with Crippen molar-refractivity contribution in [2.75, 3.05) is 6.54 Å². The number of aldehydes is 1. The maximum atomic E-state index is 11.5. The van der Waals surface area contributed by atoms with Gasteiger partial charge < -0.3 is 4.79 Å². The first-order valence-electron chi connectivity index (χ1n) is 5.81. The smallest absolute Gasteiger partial charge is 0.238 e. The van der Waals surface area contributed by atoms with Crippen LogP contribution < -0.4 is 5.43 Å². The van der Waals surface area contributed by atoms with Crippen molar-refractivity contribution in [2.24, 2.45) is 5.92 Å². The van der Waals surface area contributed by atoms with E-state index in [2.05, 4.69) is 5.43 Å². The predicted octanol–water partition coefficient (Wildman–Crippen LogP) is 0.871. The molecule has 4 nitrogen and oxygen atoms in total. The van der Waals surface area contributed by atoms with Crippen LogP contribution in [0.3, 0.4) is 0 Å². The van der Waals surface area contributed by atoms with Gasteiger partial charge in [-0.2, -0.15) is 0 Å². The number of nitrogens with zero attached hydrogens (tertiary/aromatic N) is 1. The van der Waals surface area contributed by atoms with Crippen molar-refractivity contribution >= 4 is 12.2 Å². The van der Waals surface area contributed by atoms with E-state index in [1.54, 1.807) is 0 Å². The molecule has 0 bridgehead atoms. The predicted molar refractivity (Wildman–Crippen MR) is 55.9 cm³/mol. The van der Waals surface area contributed by atoms with Gasteiger partial charge in [0.05, 0.1) is 6.54 Å². The van der Waals surface area contributed by atoms with E-state index in [1.165, 1.54) is 37.1 Å². The molecule has 1 heterocycles. The lowest BCUT2D eigenvalue weighted by Crippen LogP contribution is -2.41. The number of hydrazine groups is 1. The molecule has 0 aromatic heterocycles. The number of hydrogen-bond acceptors (Lipinski definition) is 3. The Bertz CT molecular complexity index is 249. The zero-order valence-electron chi connectivity index (χ0n) is 8.95. The van der Waals surface area contributed by atoms with Crippen LogP contribution in [0, 0.1) is 5.92 Å². The molecule has 2 aliphatic rings. The SMILES string of the molecule is O=CCN1NC(C2CCCCC2)CC1=O. The minimum absolute atomic E-state index is 0.0673. The van der Waals surface area contributed by atoms with Crippen molar-refractivity contribution in [1.29, 1.82) is 0 Å². The van der Waals surface area contributed by atoms with Gasteiger partial charge in [0.2, 0.25) is 5.91 Å². The standard InChI is InChI=1S/C11H18N2O2/c14-7-6-13-11(15)8-10(12-13)9-4-2-1-3-5-9/h7,9-10,12H,1-6,8H2. The van der Waals surface area contributed by atoms with Crippen LogP contribution in [0.15, 0.2) is 0 Å². The molecule has 2 fully saturated rings. The molecular formula is C11H18N2O2. The summed E-state index contributed by atoms with van der Waals surface area (Å²) in [6, 6.07) is 0.276. The normalized spacial score (nSPS) is 28.4. The summed E-state index contributed by atoms with van der Waals surface area (Å²) in [5.41, 5.74) is 3.16. The molecule has 0 spiro atoms. The molecular weight excluding hydrogens is 192 g/mol. The summed E-state index contributed by atoms with van der Waals surface area (Å²) in [5, 5.41) is 1.46. The molecule has 1 N–H and O–H groups in total. The largest absolute Gasteiger partial charge is 0.301 e. The number of carbonyl (C=O) groups excluding carboxylic acids is 2. The molecule has 1 atom stereocenters. The van der Waals surface area contributed by atoms with Gasteiger partial charge in [-0.05, 0) is 18.8 Å². The average molecular weight is 210 g/mol. The van der Waals surface area contributed by atoms with Gasteiger partial charge in [0.25, 0.3) is 0 Å². The van der Waals surface area contributed by atoms with Crippen LogP contribution in [-0.4, -0.2) is 29.8 Å². The van der Waals surface area contributed by atoms with Crippen LogP contribution >= 0.6 is 0 Å². The van der Waals surface area contributed by atoms with Gasteiger partial charge in [0.15, 0.2) is 0 Å². The molecule has 1 aliphatic heterocycles. The highest BCUT2D eigenvalue weighted by molar-refractivity contribution is 5.80. The minimum atomic E-state index is 0.0673. The molecule has 0 radical (unpaired) electrons. The molecule has 1 aliphatic carbocycles. The van der Waals surface area contributed by atoms with E-state index >= 15 is 0 Å². The summed E-state index contributed by atoms with van der Waals surface area (Å²) in [4.78, 5) is 21.9. The molecule has 0 aromatic rings. The van der Waals surface area contributed by atoms with Gasteiger partial charge in [-0.15, -0.1) is 0 Å². The summed E-state index contributed by atoms with van der Waals surface area (Å²) in [5.74, 6) is 0.692. The highest BCUT2D eigenvalue weighted by Crippen LogP contribution is 2.29. The van der Waals surface area contributed by atoms with E-state index < -0.39 is 0 Å². The summed E-state index contributed by atoms with van der Waals surface area (Å²) < 4.78 is 0. The molecule has 1 amide bonds. The van der Waals surface area contributed by atoms with Crippen LogP contribution in [0.2, 0.25) is 0 Å². The lowest BCUT2D eigenvalue weighted by molar-refractivity contribution is -0.131. The lowest BCUT2D eigenvalue weighted by Gasteiger charge is -2.27. The summed E-state index contributed by atoms with van der Waals surface area (Å²) in [6.07, 6.45) is 7.68. The van der Waals surface area contributed by atoms with Crippen LogP contribution in [0.4, 0.5) is 0 Å². The second-order valence-electron chi connectivity index (χ2n) is 4.51. The molecule has 1 unspecified atom stereocenters. The van der Waals surface area contributed by atoms with Gasteiger partial charge in [-0.3, -0.25) is 9.80 Å². The van der Waals surface area contributed by atoms with Gasteiger partial charge in [-0.1, -0.05) is 19.3 Å². The first-order valence-corrected chi connectivity index (χ1v) is 5.81.